The number of anilines is 2. The summed E-state index contributed by atoms with van der Waals surface area (Å²) in [4.78, 5) is 25.6. The number of benzene rings is 2. The van der Waals surface area contributed by atoms with Gasteiger partial charge in [0.25, 0.3) is 5.69 Å². The lowest BCUT2D eigenvalue weighted by molar-refractivity contribution is -0.384. The maximum Gasteiger partial charge on any atom is 0.326 e. The maximum absolute atomic E-state index is 13.2. The standard InChI is InChI=1S/C22H27N3O3/c1-15(19-21(2,3)22(19,4)5)24(17-11-7-6-8-12-17)20(26)23-16-10-9-13-18(14-16)25(27)28/h6-15,19H,1-5H3,(H,23,26)/t15-/m0/s1. The zero-order valence-corrected chi connectivity index (χ0v) is 17.0. The van der Waals surface area contributed by atoms with Crippen LogP contribution < -0.4 is 10.2 Å². The van der Waals surface area contributed by atoms with Crippen molar-refractivity contribution in [2.24, 2.45) is 16.7 Å². The van der Waals surface area contributed by atoms with Crippen LogP contribution in [0, 0.1) is 26.9 Å². The predicted octanol–water partition coefficient (Wildman–Crippen LogP) is 5.70. The number of nitrogens with zero attached hydrogens (tertiary/aromatic N) is 2. The van der Waals surface area contributed by atoms with Crippen LogP contribution in [-0.4, -0.2) is 17.0 Å². The third-order valence-electron chi connectivity index (χ3n) is 6.58. The molecule has 0 aromatic heterocycles. The van der Waals surface area contributed by atoms with E-state index in [9.17, 15) is 14.9 Å². The monoisotopic (exact) mass is 381 g/mol. The van der Waals surface area contributed by atoms with Crippen molar-refractivity contribution in [2.45, 2.75) is 40.7 Å². The Hall–Kier alpha value is -2.89. The molecule has 3 rings (SSSR count). The fourth-order valence-electron chi connectivity index (χ4n) is 4.61. The van der Waals surface area contributed by atoms with Crippen molar-refractivity contribution in [3.63, 3.8) is 0 Å². The van der Waals surface area contributed by atoms with Crippen molar-refractivity contribution in [1.82, 2.24) is 0 Å². The van der Waals surface area contributed by atoms with Crippen LogP contribution in [-0.2, 0) is 0 Å². The van der Waals surface area contributed by atoms with Gasteiger partial charge in [-0.25, -0.2) is 4.79 Å². The summed E-state index contributed by atoms with van der Waals surface area (Å²) in [5.41, 5.74) is 1.39. The highest BCUT2D eigenvalue weighted by Crippen LogP contribution is 2.70. The summed E-state index contributed by atoms with van der Waals surface area (Å²) in [5.74, 6) is 0.330. The lowest BCUT2D eigenvalue weighted by Crippen LogP contribution is -2.44. The van der Waals surface area contributed by atoms with Crippen molar-refractivity contribution < 1.29 is 9.72 Å². The first-order valence-corrected chi connectivity index (χ1v) is 9.47. The molecule has 2 amide bonds. The molecule has 148 valence electrons. The van der Waals surface area contributed by atoms with Gasteiger partial charge in [-0.15, -0.1) is 0 Å². The molecule has 0 spiro atoms. The quantitative estimate of drug-likeness (QED) is 0.533. The number of non-ortho nitro benzene ring substituents is 1. The highest BCUT2D eigenvalue weighted by Gasteiger charge is 2.67. The third kappa shape index (κ3) is 3.35. The summed E-state index contributed by atoms with van der Waals surface area (Å²) in [6, 6.07) is 15.2. The van der Waals surface area contributed by atoms with Crippen molar-refractivity contribution in [1.29, 1.82) is 0 Å². The molecular formula is C22H27N3O3. The van der Waals surface area contributed by atoms with Crippen LogP contribution in [0.5, 0.6) is 0 Å². The zero-order chi connectivity index (χ0) is 20.7. The number of urea groups is 1. The molecule has 0 heterocycles. The number of amides is 2. The summed E-state index contributed by atoms with van der Waals surface area (Å²) in [5, 5.41) is 13.9. The summed E-state index contributed by atoms with van der Waals surface area (Å²) in [6.45, 7) is 11.0. The Morgan fingerprint density at radius 1 is 1.07 bits per heavy atom. The summed E-state index contributed by atoms with van der Waals surface area (Å²) in [7, 11) is 0. The molecule has 6 nitrogen and oxygen atoms in total. The van der Waals surface area contributed by atoms with Crippen LogP contribution in [0.25, 0.3) is 0 Å². The molecule has 0 radical (unpaired) electrons. The predicted molar refractivity (Wildman–Crippen MR) is 112 cm³/mol. The molecular weight excluding hydrogens is 354 g/mol. The largest absolute Gasteiger partial charge is 0.326 e. The molecule has 0 saturated heterocycles. The van der Waals surface area contributed by atoms with Gasteiger partial charge < -0.3 is 5.32 Å². The van der Waals surface area contributed by atoms with Gasteiger partial charge in [0.2, 0.25) is 0 Å². The van der Waals surface area contributed by atoms with Crippen LogP contribution in [0.2, 0.25) is 0 Å². The van der Waals surface area contributed by atoms with Gasteiger partial charge in [0.05, 0.1) is 4.92 Å². The molecule has 1 atom stereocenters. The third-order valence-corrected chi connectivity index (χ3v) is 6.58. The van der Waals surface area contributed by atoms with Crippen molar-refractivity contribution in [2.75, 3.05) is 10.2 Å². The molecule has 2 aromatic carbocycles. The SMILES string of the molecule is C[C@@H](C1C(C)(C)C1(C)C)N(C(=O)Nc1cccc([N+](=O)[O-])c1)c1ccccc1. The molecule has 1 aliphatic rings. The minimum atomic E-state index is -0.470. The molecule has 1 N–H and O–H groups in total. The van der Waals surface area contributed by atoms with Gasteiger partial charge in [-0.3, -0.25) is 15.0 Å². The first kappa shape index (κ1) is 19.9. The van der Waals surface area contributed by atoms with Gasteiger partial charge in [-0.2, -0.15) is 0 Å². The van der Waals surface area contributed by atoms with E-state index >= 15 is 0 Å². The minimum absolute atomic E-state index is 0.0360. The number of para-hydroxylation sites is 1. The van der Waals surface area contributed by atoms with Gasteiger partial charge in [0.15, 0.2) is 0 Å². The van der Waals surface area contributed by atoms with E-state index in [1.807, 2.05) is 30.3 Å². The number of rotatable bonds is 5. The number of hydrogen-bond donors (Lipinski definition) is 1. The molecule has 1 saturated carbocycles. The highest BCUT2D eigenvalue weighted by atomic mass is 16.6. The summed E-state index contributed by atoms with van der Waals surface area (Å²) in [6.07, 6.45) is 0. The van der Waals surface area contributed by atoms with Crippen LogP contribution in [0.4, 0.5) is 21.9 Å². The number of nitro benzene ring substituents is 1. The van der Waals surface area contributed by atoms with E-state index in [1.165, 1.54) is 12.1 Å². The van der Waals surface area contributed by atoms with Gasteiger partial charge in [0.1, 0.15) is 0 Å². The van der Waals surface area contributed by atoms with E-state index in [4.69, 9.17) is 0 Å². The zero-order valence-electron chi connectivity index (χ0n) is 17.0. The second-order valence-electron chi connectivity index (χ2n) is 8.60. The van der Waals surface area contributed by atoms with E-state index < -0.39 is 4.92 Å². The van der Waals surface area contributed by atoms with Gasteiger partial charge in [-0.05, 0) is 41.9 Å². The Balaban J connectivity index is 1.91. The Labute approximate surface area is 165 Å². The highest BCUT2D eigenvalue weighted by molar-refractivity contribution is 6.02. The van der Waals surface area contributed by atoms with Gasteiger partial charge in [0, 0.05) is 29.5 Å². The first-order chi connectivity index (χ1) is 13.1. The Kier molecular flexibility index (Phi) is 4.91. The Morgan fingerprint density at radius 2 is 1.68 bits per heavy atom. The maximum atomic E-state index is 13.2. The number of carbonyl (C=O) groups is 1. The van der Waals surface area contributed by atoms with E-state index in [-0.39, 0.29) is 28.6 Å². The van der Waals surface area contributed by atoms with Crippen LogP contribution in [0.1, 0.15) is 34.6 Å². The molecule has 2 aromatic rings. The van der Waals surface area contributed by atoms with Crippen molar-refractivity contribution >= 4 is 23.1 Å². The number of carbonyl (C=O) groups excluding carboxylic acids is 1. The van der Waals surface area contributed by atoms with Crippen LogP contribution in [0.3, 0.4) is 0 Å². The molecule has 1 fully saturated rings. The van der Waals surface area contributed by atoms with E-state index in [2.05, 4.69) is 39.9 Å². The lowest BCUT2D eigenvalue weighted by atomic mass is 10.0. The van der Waals surface area contributed by atoms with E-state index in [0.29, 0.717) is 11.6 Å². The number of nitrogens with one attached hydrogen (secondary N) is 1. The average Bonchev–Trinajstić information content (AvgIpc) is 3.04. The van der Waals surface area contributed by atoms with Gasteiger partial charge >= 0.3 is 6.03 Å². The summed E-state index contributed by atoms with van der Waals surface area (Å²) >= 11 is 0. The average molecular weight is 381 g/mol. The van der Waals surface area contributed by atoms with Crippen LogP contribution in [0.15, 0.2) is 54.6 Å². The van der Waals surface area contributed by atoms with E-state index in [0.717, 1.165) is 5.69 Å². The second-order valence-corrected chi connectivity index (χ2v) is 8.60. The molecule has 0 bridgehead atoms. The molecule has 28 heavy (non-hydrogen) atoms. The molecule has 0 unspecified atom stereocenters. The fraction of sp³-hybridized carbons (Fsp3) is 0.409. The number of hydrogen-bond acceptors (Lipinski definition) is 3. The normalized spacial score (nSPS) is 18.2. The second kappa shape index (κ2) is 6.93. The van der Waals surface area contributed by atoms with Crippen molar-refractivity contribution in [3.05, 3.63) is 64.7 Å². The first-order valence-electron chi connectivity index (χ1n) is 9.47. The van der Waals surface area contributed by atoms with E-state index in [1.54, 1.807) is 17.0 Å². The topological polar surface area (TPSA) is 75.5 Å². The van der Waals surface area contributed by atoms with Crippen molar-refractivity contribution in [3.8, 4) is 0 Å². The number of nitro groups is 1. The smallest absolute Gasteiger partial charge is 0.307 e. The van der Waals surface area contributed by atoms with Gasteiger partial charge in [-0.1, -0.05) is 52.0 Å². The molecule has 1 aliphatic carbocycles. The fourth-order valence-corrected chi connectivity index (χ4v) is 4.61. The molecule has 6 heteroatoms. The Bertz CT molecular complexity index is 879. The molecule has 0 aliphatic heterocycles. The summed E-state index contributed by atoms with van der Waals surface area (Å²) < 4.78 is 0. The van der Waals surface area contributed by atoms with Crippen LogP contribution >= 0.6 is 0 Å². The minimum Gasteiger partial charge on any atom is -0.307 e. The lowest BCUT2D eigenvalue weighted by Gasteiger charge is -2.31. The Morgan fingerprint density at radius 3 is 2.21 bits per heavy atom.